The molecule has 0 N–H and O–H groups in total. The van der Waals surface area contributed by atoms with E-state index in [2.05, 4.69) is 0 Å². The van der Waals surface area contributed by atoms with E-state index >= 15 is 0 Å². The van der Waals surface area contributed by atoms with Crippen molar-refractivity contribution in [1.29, 1.82) is 0 Å². The molecule has 1 aliphatic heterocycles. The van der Waals surface area contributed by atoms with Gasteiger partial charge in [-0.3, -0.25) is 4.79 Å². The van der Waals surface area contributed by atoms with E-state index in [9.17, 15) is 9.59 Å². The van der Waals surface area contributed by atoms with Gasteiger partial charge in [-0.05, 0) is 34.6 Å². The third-order valence-electron chi connectivity index (χ3n) is 3.01. The number of nitrogens with zero attached hydrogens (tertiary/aromatic N) is 1. The summed E-state index contributed by atoms with van der Waals surface area (Å²) >= 11 is 0. The predicted molar refractivity (Wildman–Crippen MR) is 62.5 cm³/mol. The fraction of sp³-hybridized carbons (Fsp3) is 0.833. The van der Waals surface area contributed by atoms with Crippen LogP contribution in [0.2, 0.25) is 0 Å². The third kappa shape index (κ3) is 2.70. The number of ether oxygens (including phenoxy) is 2. The van der Waals surface area contributed by atoms with Crippen LogP contribution in [0.3, 0.4) is 0 Å². The van der Waals surface area contributed by atoms with E-state index in [1.165, 1.54) is 7.11 Å². The number of hydrogen-bond donors (Lipinski definition) is 0. The molecule has 0 spiro atoms. The summed E-state index contributed by atoms with van der Waals surface area (Å²) in [5.41, 5.74) is -1.07. The summed E-state index contributed by atoms with van der Waals surface area (Å²) in [6.45, 7) is 9.47. The zero-order valence-corrected chi connectivity index (χ0v) is 11.4. The largest absolute Gasteiger partial charge is 0.469 e. The van der Waals surface area contributed by atoms with Crippen LogP contribution in [-0.2, 0) is 14.3 Å². The number of likely N-dealkylation sites (tertiary alicyclic amines) is 1. The molecule has 1 amide bonds. The van der Waals surface area contributed by atoms with Crippen LogP contribution in [0, 0.1) is 5.92 Å². The molecule has 5 heteroatoms. The van der Waals surface area contributed by atoms with Gasteiger partial charge in [0, 0.05) is 6.54 Å². The van der Waals surface area contributed by atoms with E-state index in [1.807, 2.05) is 34.6 Å². The van der Waals surface area contributed by atoms with Crippen molar-refractivity contribution in [2.24, 2.45) is 5.92 Å². The molecule has 1 saturated heterocycles. The molecule has 0 unspecified atom stereocenters. The molecule has 0 aromatic carbocycles. The van der Waals surface area contributed by atoms with Gasteiger partial charge in [0.05, 0.1) is 18.6 Å². The monoisotopic (exact) mass is 243 g/mol. The number of amides is 1. The summed E-state index contributed by atoms with van der Waals surface area (Å²) in [5.74, 6) is -0.560. The summed E-state index contributed by atoms with van der Waals surface area (Å²) in [6.07, 6.45) is -0.386. The fourth-order valence-electron chi connectivity index (χ4n) is 1.85. The lowest BCUT2D eigenvalue weighted by molar-refractivity contribution is -0.162. The van der Waals surface area contributed by atoms with Crippen molar-refractivity contribution < 1.29 is 19.1 Å². The SMILES string of the molecule is COC(=O)[C@H]1CN(C(=O)OC(C)(C)C)C1(C)C. The first kappa shape index (κ1) is 13.8. The molecule has 17 heavy (non-hydrogen) atoms. The van der Waals surface area contributed by atoms with Crippen LogP contribution in [0.25, 0.3) is 0 Å². The molecule has 1 rings (SSSR count). The minimum Gasteiger partial charge on any atom is -0.469 e. The van der Waals surface area contributed by atoms with Crippen molar-refractivity contribution in [1.82, 2.24) is 4.90 Å². The maximum atomic E-state index is 11.9. The number of rotatable bonds is 1. The Labute approximate surface area is 102 Å². The molecule has 0 aromatic rings. The van der Waals surface area contributed by atoms with E-state index in [-0.39, 0.29) is 18.0 Å². The Kier molecular flexibility index (Phi) is 3.41. The molecule has 0 aliphatic carbocycles. The second kappa shape index (κ2) is 4.20. The van der Waals surface area contributed by atoms with E-state index in [0.717, 1.165) is 0 Å². The molecule has 1 aliphatic rings. The van der Waals surface area contributed by atoms with E-state index in [4.69, 9.17) is 9.47 Å². The molecule has 5 nitrogen and oxygen atoms in total. The second-order valence-electron chi connectivity index (χ2n) is 5.82. The molecular weight excluding hydrogens is 222 g/mol. The summed E-state index contributed by atoms with van der Waals surface area (Å²) in [5, 5.41) is 0. The van der Waals surface area contributed by atoms with Crippen LogP contribution < -0.4 is 0 Å². The lowest BCUT2D eigenvalue weighted by Crippen LogP contribution is -2.68. The van der Waals surface area contributed by atoms with Crippen molar-refractivity contribution >= 4 is 12.1 Å². The second-order valence-corrected chi connectivity index (χ2v) is 5.82. The lowest BCUT2D eigenvalue weighted by Gasteiger charge is -2.52. The number of carbonyl (C=O) groups excluding carboxylic acids is 2. The third-order valence-corrected chi connectivity index (χ3v) is 3.01. The van der Waals surface area contributed by atoms with Crippen LogP contribution >= 0.6 is 0 Å². The quantitative estimate of drug-likeness (QED) is 0.659. The van der Waals surface area contributed by atoms with E-state index in [0.29, 0.717) is 6.54 Å². The Balaban J connectivity index is 2.67. The molecule has 0 bridgehead atoms. The number of carbonyl (C=O) groups is 2. The maximum Gasteiger partial charge on any atom is 0.410 e. The summed E-state index contributed by atoms with van der Waals surface area (Å²) in [7, 11) is 1.36. The fourth-order valence-corrected chi connectivity index (χ4v) is 1.85. The number of esters is 1. The molecule has 1 atom stereocenters. The molecule has 1 heterocycles. The maximum absolute atomic E-state index is 11.9. The van der Waals surface area contributed by atoms with Crippen molar-refractivity contribution in [2.45, 2.75) is 45.8 Å². The van der Waals surface area contributed by atoms with Crippen LogP contribution in [0.5, 0.6) is 0 Å². The summed E-state index contributed by atoms with van der Waals surface area (Å²) in [6, 6.07) is 0. The van der Waals surface area contributed by atoms with Crippen molar-refractivity contribution in [2.75, 3.05) is 13.7 Å². The Morgan fingerprint density at radius 1 is 1.29 bits per heavy atom. The predicted octanol–water partition coefficient (Wildman–Crippen LogP) is 1.80. The van der Waals surface area contributed by atoms with Gasteiger partial charge in [-0.25, -0.2) is 4.79 Å². The topological polar surface area (TPSA) is 55.8 Å². The zero-order chi connectivity index (χ0) is 13.4. The standard InChI is InChI=1S/C12H21NO4/c1-11(2,3)17-10(15)13-7-8(9(14)16-6)12(13,4)5/h8H,7H2,1-6H3/t8-/m1/s1. The number of hydrogen-bond acceptors (Lipinski definition) is 4. The zero-order valence-electron chi connectivity index (χ0n) is 11.4. The highest BCUT2D eigenvalue weighted by Gasteiger charge is 2.54. The van der Waals surface area contributed by atoms with Crippen LogP contribution in [-0.4, -0.2) is 41.8 Å². The normalized spacial score (nSPS) is 22.7. The van der Waals surface area contributed by atoms with Crippen LogP contribution in [0.15, 0.2) is 0 Å². The summed E-state index contributed by atoms with van der Waals surface area (Å²) < 4.78 is 9.97. The minimum atomic E-state index is -0.546. The Morgan fingerprint density at radius 2 is 1.82 bits per heavy atom. The molecule has 0 radical (unpaired) electrons. The smallest absolute Gasteiger partial charge is 0.410 e. The van der Waals surface area contributed by atoms with Crippen molar-refractivity contribution in [3.63, 3.8) is 0 Å². The van der Waals surface area contributed by atoms with Gasteiger partial charge in [-0.15, -0.1) is 0 Å². The molecular formula is C12H21NO4. The highest BCUT2D eigenvalue weighted by molar-refractivity contribution is 5.80. The van der Waals surface area contributed by atoms with Crippen molar-refractivity contribution in [3.8, 4) is 0 Å². The lowest BCUT2D eigenvalue weighted by atomic mass is 9.77. The first-order valence-corrected chi connectivity index (χ1v) is 5.68. The minimum absolute atomic E-state index is 0.278. The van der Waals surface area contributed by atoms with Gasteiger partial charge >= 0.3 is 12.1 Å². The molecule has 0 saturated carbocycles. The first-order chi connectivity index (χ1) is 7.59. The Bertz CT molecular complexity index is 330. The van der Waals surface area contributed by atoms with E-state index < -0.39 is 11.1 Å². The highest BCUT2D eigenvalue weighted by atomic mass is 16.6. The molecule has 0 aromatic heterocycles. The van der Waals surface area contributed by atoms with Gasteiger partial charge in [-0.1, -0.05) is 0 Å². The molecule has 98 valence electrons. The van der Waals surface area contributed by atoms with Gasteiger partial charge in [0.25, 0.3) is 0 Å². The van der Waals surface area contributed by atoms with E-state index in [1.54, 1.807) is 4.90 Å². The average molecular weight is 243 g/mol. The van der Waals surface area contributed by atoms with Gasteiger partial charge in [0.15, 0.2) is 0 Å². The van der Waals surface area contributed by atoms with Gasteiger partial charge in [0.1, 0.15) is 5.60 Å². The van der Waals surface area contributed by atoms with Crippen LogP contribution in [0.1, 0.15) is 34.6 Å². The highest BCUT2D eigenvalue weighted by Crippen LogP contribution is 2.37. The Hall–Kier alpha value is -1.26. The van der Waals surface area contributed by atoms with Gasteiger partial charge < -0.3 is 14.4 Å². The molecule has 1 fully saturated rings. The van der Waals surface area contributed by atoms with Crippen molar-refractivity contribution in [3.05, 3.63) is 0 Å². The average Bonchev–Trinajstić information content (AvgIpc) is 2.12. The van der Waals surface area contributed by atoms with Gasteiger partial charge in [-0.2, -0.15) is 0 Å². The van der Waals surface area contributed by atoms with Gasteiger partial charge in [0.2, 0.25) is 0 Å². The van der Waals surface area contributed by atoms with Crippen LogP contribution in [0.4, 0.5) is 4.79 Å². The Morgan fingerprint density at radius 3 is 2.18 bits per heavy atom. The number of methoxy groups -OCH3 is 1. The summed E-state index contributed by atoms with van der Waals surface area (Å²) in [4.78, 5) is 24.9. The first-order valence-electron chi connectivity index (χ1n) is 5.68.